The summed E-state index contributed by atoms with van der Waals surface area (Å²) in [6.07, 6.45) is 1.83. The number of morpholine rings is 1. The van der Waals surface area contributed by atoms with Crippen molar-refractivity contribution in [3.05, 3.63) is 28.2 Å². The van der Waals surface area contributed by atoms with Crippen molar-refractivity contribution in [3.8, 4) is 5.75 Å². The molecule has 1 aliphatic heterocycles. The van der Waals surface area contributed by atoms with Crippen molar-refractivity contribution in [1.29, 1.82) is 0 Å². The molecular formula is C14H17N5O4S. The van der Waals surface area contributed by atoms with Gasteiger partial charge in [0.1, 0.15) is 5.75 Å². The third-order valence-electron chi connectivity index (χ3n) is 3.62. The van der Waals surface area contributed by atoms with Crippen LogP contribution in [-0.4, -0.2) is 69.6 Å². The second-order valence-corrected chi connectivity index (χ2v) is 6.22. The van der Waals surface area contributed by atoms with Crippen LogP contribution in [0, 0.1) is 0 Å². The van der Waals surface area contributed by atoms with Gasteiger partial charge in [0.05, 0.1) is 23.8 Å². The summed E-state index contributed by atoms with van der Waals surface area (Å²) in [5, 5.41) is 23.4. The van der Waals surface area contributed by atoms with E-state index in [1.165, 1.54) is 29.0 Å². The maximum atomic E-state index is 12.2. The fraction of sp³-hybridized carbons (Fsp3) is 0.429. The van der Waals surface area contributed by atoms with Gasteiger partial charge in [0.2, 0.25) is 0 Å². The van der Waals surface area contributed by atoms with Crippen molar-refractivity contribution < 1.29 is 19.4 Å². The Balaban J connectivity index is 1.45. The van der Waals surface area contributed by atoms with Crippen LogP contribution in [-0.2, 0) is 4.74 Å². The van der Waals surface area contributed by atoms with Gasteiger partial charge in [-0.2, -0.15) is 15.4 Å². The second kappa shape index (κ2) is 7.41. The molecule has 1 saturated heterocycles. The molecule has 2 aromatic heterocycles. The molecular weight excluding hydrogens is 334 g/mol. The van der Waals surface area contributed by atoms with Crippen LogP contribution in [0.15, 0.2) is 17.6 Å². The predicted molar refractivity (Wildman–Crippen MR) is 85.0 cm³/mol. The maximum absolute atomic E-state index is 12.2. The molecule has 128 valence electrons. The highest BCUT2D eigenvalue weighted by atomic mass is 32.1. The third kappa shape index (κ3) is 3.89. The van der Waals surface area contributed by atoms with Gasteiger partial charge >= 0.3 is 0 Å². The highest BCUT2D eigenvalue weighted by Gasteiger charge is 2.26. The largest absolute Gasteiger partial charge is 0.507 e. The highest BCUT2D eigenvalue weighted by Crippen LogP contribution is 2.19. The number of aromatic amines is 1. The van der Waals surface area contributed by atoms with Gasteiger partial charge in [0.15, 0.2) is 5.69 Å². The molecule has 0 spiro atoms. The molecule has 0 saturated carbocycles. The molecule has 1 aliphatic rings. The monoisotopic (exact) mass is 351 g/mol. The first-order valence-electron chi connectivity index (χ1n) is 7.46. The minimum absolute atomic E-state index is 0.0859. The first-order valence-corrected chi connectivity index (χ1v) is 8.34. The molecule has 1 unspecified atom stereocenters. The summed E-state index contributed by atoms with van der Waals surface area (Å²) < 4.78 is 5.64. The Labute approximate surface area is 141 Å². The van der Waals surface area contributed by atoms with Crippen LogP contribution in [0.2, 0.25) is 0 Å². The van der Waals surface area contributed by atoms with Gasteiger partial charge in [-0.05, 0) is 6.42 Å². The summed E-state index contributed by atoms with van der Waals surface area (Å²) in [7, 11) is 0. The predicted octanol–water partition coefficient (Wildman–Crippen LogP) is 0.233. The van der Waals surface area contributed by atoms with Crippen molar-refractivity contribution in [3.63, 3.8) is 0 Å². The van der Waals surface area contributed by atoms with Gasteiger partial charge in [0, 0.05) is 31.1 Å². The zero-order valence-electron chi connectivity index (χ0n) is 12.8. The Morgan fingerprint density at radius 1 is 1.54 bits per heavy atom. The average Bonchev–Trinajstić information content (AvgIpc) is 3.26. The lowest BCUT2D eigenvalue weighted by Gasteiger charge is -2.32. The Bertz CT molecular complexity index is 702. The van der Waals surface area contributed by atoms with Crippen LogP contribution < -0.4 is 5.32 Å². The van der Waals surface area contributed by atoms with E-state index in [1.54, 1.807) is 4.90 Å². The van der Waals surface area contributed by atoms with E-state index < -0.39 is 0 Å². The fourth-order valence-corrected chi connectivity index (χ4v) is 3.11. The molecule has 10 heteroatoms. The summed E-state index contributed by atoms with van der Waals surface area (Å²) in [6.45, 7) is 1.82. The van der Waals surface area contributed by atoms with Gasteiger partial charge in [0.25, 0.3) is 11.8 Å². The van der Waals surface area contributed by atoms with Gasteiger partial charge in [-0.15, -0.1) is 11.3 Å². The number of H-pyrrole nitrogens is 1. The van der Waals surface area contributed by atoms with E-state index in [-0.39, 0.29) is 29.4 Å². The van der Waals surface area contributed by atoms with Crippen molar-refractivity contribution in [2.45, 2.75) is 12.5 Å². The molecule has 0 aromatic carbocycles. The number of carbonyl (C=O) groups excluding carboxylic acids is 2. The number of aromatic hydroxyl groups is 1. The van der Waals surface area contributed by atoms with Crippen LogP contribution in [0.3, 0.4) is 0 Å². The molecule has 2 amide bonds. The molecule has 3 rings (SSSR count). The number of hydrogen-bond acceptors (Lipinski definition) is 7. The van der Waals surface area contributed by atoms with Crippen LogP contribution in [0.5, 0.6) is 5.75 Å². The Morgan fingerprint density at radius 3 is 3.12 bits per heavy atom. The normalized spacial score (nSPS) is 17.7. The zero-order chi connectivity index (χ0) is 16.9. The highest BCUT2D eigenvalue weighted by molar-refractivity contribution is 7.12. The zero-order valence-corrected chi connectivity index (χ0v) is 13.6. The molecule has 0 radical (unpaired) electrons. The number of rotatable bonds is 5. The van der Waals surface area contributed by atoms with E-state index in [0.29, 0.717) is 37.5 Å². The van der Waals surface area contributed by atoms with E-state index >= 15 is 0 Å². The van der Waals surface area contributed by atoms with Crippen molar-refractivity contribution in [2.24, 2.45) is 0 Å². The standard InChI is InChI=1S/C14H17N5O4S/c20-9-5-12(24-8-9)13(21)15-2-1-10-7-19(3-4-23-10)14(22)11-6-16-18-17-11/h5-6,8,10,20H,1-4,7H2,(H,15,21)(H,16,17,18). The number of aromatic nitrogens is 3. The minimum atomic E-state index is -0.230. The molecule has 24 heavy (non-hydrogen) atoms. The first-order chi connectivity index (χ1) is 11.6. The van der Waals surface area contributed by atoms with Gasteiger partial charge in [-0.1, -0.05) is 0 Å². The third-order valence-corrected chi connectivity index (χ3v) is 4.54. The van der Waals surface area contributed by atoms with Crippen LogP contribution >= 0.6 is 11.3 Å². The van der Waals surface area contributed by atoms with E-state index in [1.807, 2.05) is 0 Å². The van der Waals surface area contributed by atoms with Crippen LogP contribution in [0.25, 0.3) is 0 Å². The topological polar surface area (TPSA) is 120 Å². The van der Waals surface area contributed by atoms with Crippen LogP contribution in [0.1, 0.15) is 26.6 Å². The van der Waals surface area contributed by atoms with Crippen molar-refractivity contribution in [1.82, 2.24) is 25.6 Å². The molecule has 1 fully saturated rings. The summed E-state index contributed by atoms with van der Waals surface area (Å²) >= 11 is 1.18. The smallest absolute Gasteiger partial charge is 0.276 e. The van der Waals surface area contributed by atoms with Gasteiger partial charge < -0.3 is 20.1 Å². The number of amides is 2. The summed E-state index contributed by atoms with van der Waals surface area (Å²) in [6, 6.07) is 1.43. The molecule has 3 heterocycles. The van der Waals surface area contributed by atoms with Crippen molar-refractivity contribution >= 4 is 23.2 Å². The number of hydrogen-bond donors (Lipinski definition) is 3. The molecule has 0 bridgehead atoms. The Kier molecular flexibility index (Phi) is 5.06. The number of nitrogens with one attached hydrogen (secondary N) is 2. The van der Waals surface area contributed by atoms with E-state index in [2.05, 4.69) is 20.7 Å². The molecule has 9 nitrogen and oxygen atoms in total. The second-order valence-electron chi connectivity index (χ2n) is 5.31. The SMILES string of the molecule is O=C(NCCC1CN(C(=O)c2cn[nH]n2)CCO1)c1cc(O)cs1. The van der Waals surface area contributed by atoms with Crippen molar-refractivity contribution in [2.75, 3.05) is 26.2 Å². The lowest BCUT2D eigenvalue weighted by atomic mass is 10.2. The van der Waals surface area contributed by atoms with E-state index in [0.717, 1.165) is 0 Å². The summed E-state index contributed by atoms with van der Waals surface area (Å²) in [4.78, 5) is 26.3. The van der Waals surface area contributed by atoms with Gasteiger partial charge in [-0.3, -0.25) is 9.59 Å². The van der Waals surface area contributed by atoms with Crippen LogP contribution in [0.4, 0.5) is 0 Å². The maximum Gasteiger partial charge on any atom is 0.276 e. The van der Waals surface area contributed by atoms with Gasteiger partial charge in [-0.25, -0.2) is 0 Å². The number of ether oxygens (including phenoxy) is 1. The number of carbonyl (C=O) groups is 2. The van der Waals surface area contributed by atoms with E-state index in [9.17, 15) is 14.7 Å². The fourth-order valence-electron chi connectivity index (χ4n) is 2.42. The average molecular weight is 351 g/mol. The minimum Gasteiger partial charge on any atom is -0.507 e. The summed E-state index contributed by atoms with van der Waals surface area (Å²) in [5.41, 5.74) is 0.279. The first kappa shape index (κ1) is 16.4. The Morgan fingerprint density at radius 2 is 2.42 bits per heavy atom. The van der Waals surface area contributed by atoms with E-state index in [4.69, 9.17) is 4.74 Å². The lowest BCUT2D eigenvalue weighted by Crippen LogP contribution is -2.46. The quantitative estimate of drug-likeness (QED) is 0.709. The number of nitrogens with zero attached hydrogens (tertiary/aromatic N) is 3. The molecule has 1 atom stereocenters. The lowest BCUT2D eigenvalue weighted by molar-refractivity contribution is -0.0245. The Hall–Kier alpha value is -2.46. The molecule has 3 N–H and O–H groups in total. The molecule has 2 aromatic rings. The summed E-state index contributed by atoms with van der Waals surface area (Å²) in [5.74, 6) is -0.329. The molecule has 0 aliphatic carbocycles. The number of thiophene rings is 1.